The van der Waals surface area contributed by atoms with E-state index in [2.05, 4.69) is 10.6 Å². The van der Waals surface area contributed by atoms with Crippen LogP contribution in [0.15, 0.2) is 48.5 Å². The van der Waals surface area contributed by atoms with Gasteiger partial charge in [0.25, 0.3) is 11.8 Å². The summed E-state index contributed by atoms with van der Waals surface area (Å²) in [6.45, 7) is 4.77. The summed E-state index contributed by atoms with van der Waals surface area (Å²) in [6, 6.07) is 13.9. The molecule has 2 aromatic carbocycles. The first kappa shape index (κ1) is 20.5. The standard InChI is InChI=1S/C21H26N2O4/c1-4-15(2)22-20(24)16-9-11-17(12-10-16)23-21(25)18-7-5-6-8-19(18)27-14-13-26-3/h5-12,15H,4,13-14H2,1-3H3,(H,22,24)(H,23,25). The fourth-order valence-corrected chi connectivity index (χ4v) is 2.33. The normalized spacial score (nSPS) is 11.5. The molecule has 0 bridgehead atoms. The zero-order chi connectivity index (χ0) is 19.6. The van der Waals surface area contributed by atoms with E-state index in [1.165, 1.54) is 0 Å². The number of para-hydroxylation sites is 1. The number of carbonyl (C=O) groups excluding carboxylic acids is 2. The second kappa shape index (κ2) is 10.3. The lowest BCUT2D eigenvalue weighted by atomic mass is 10.1. The first-order valence-corrected chi connectivity index (χ1v) is 8.98. The molecule has 0 saturated heterocycles. The first-order valence-electron chi connectivity index (χ1n) is 8.98. The Kier molecular flexibility index (Phi) is 7.82. The van der Waals surface area contributed by atoms with E-state index in [1.54, 1.807) is 49.6 Å². The Bertz CT molecular complexity index is 759. The van der Waals surface area contributed by atoms with E-state index in [0.29, 0.717) is 35.8 Å². The zero-order valence-electron chi connectivity index (χ0n) is 16.0. The number of benzene rings is 2. The molecule has 144 valence electrons. The van der Waals surface area contributed by atoms with Gasteiger partial charge in [-0.3, -0.25) is 9.59 Å². The number of rotatable bonds is 9. The lowest BCUT2D eigenvalue weighted by molar-refractivity contribution is 0.0938. The van der Waals surface area contributed by atoms with Crippen molar-refractivity contribution in [1.29, 1.82) is 0 Å². The molecule has 2 aromatic rings. The van der Waals surface area contributed by atoms with Gasteiger partial charge in [-0.15, -0.1) is 0 Å². The number of nitrogens with one attached hydrogen (secondary N) is 2. The van der Waals surface area contributed by atoms with E-state index in [0.717, 1.165) is 6.42 Å². The highest BCUT2D eigenvalue weighted by molar-refractivity contribution is 6.06. The Morgan fingerprint density at radius 3 is 2.37 bits per heavy atom. The van der Waals surface area contributed by atoms with Crippen LogP contribution >= 0.6 is 0 Å². The molecule has 0 radical (unpaired) electrons. The van der Waals surface area contributed by atoms with Crippen LogP contribution in [-0.4, -0.2) is 38.2 Å². The number of carbonyl (C=O) groups is 2. The number of anilines is 1. The summed E-state index contributed by atoms with van der Waals surface area (Å²) in [5, 5.41) is 5.74. The van der Waals surface area contributed by atoms with E-state index >= 15 is 0 Å². The molecule has 0 heterocycles. The number of hydrogen-bond donors (Lipinski definition) is 2. The van der Waals surface area contributed by atoms with E-state index in [-0.39, 0.29) is 17.9 Å². The van der Waals surface area contributed by atoms with Crippen molar-refractivity contribution in [3.8, 4) is 5.75 Å². The van der Waals surface area contributed by atoms with Gasteiger partial charge in [0.15, 0.2) is 0 Å². The highest BCUT2D eigenvalue weighted by atomic mass is 16.5. The first-order chi connectivity index (χ1) is 13.0. The summed E-state index contributed by atoms with van der Waals surface area (Å²) in [5.41, 5.74) is 1.59. The number of methoxy groups -OCH3 is 1. The Morgan fingerprint density at radius 2 is 1.70 bits per heavy atom. The molecule has 2 N–H and O–H groups in total. The zero-order valence-corrected chi connectivity index (χ0v) is 16.0. The topological polar surface area (TPSA) is 76.7 Å². The van der Waals surface area contributed by atoms with Gasteiger partial charge >= 0.3 is 0 Å². The predicted octanol–water partition coefficient (Wildman–Crippen LogP) is 3.49. The van der Waals surface area contributed by atoms with Crippen molar-refractivity contribution >= 4 is 17.5 Å². The maximum Gasteiger partial charge on any atom is 0.259 e. The largest absolute Gasteiger partial charge is 0.490 e. The summed E-state index contributed by atoms with van der Waals surface area (Å²) in [5.74, 6) is 0.0931. The summed E-state index contributed by atoms with van der Waals surface area (Å²) in [4.78, 5) is 24.7. The molecule has 1 atom stereocenters. The lowest BCUT2D eigenvalue weighted by Crippen LogP contribution is -2.31. The Labute approximate surface area is 159 Å². The van der Waals surface area contributed by atoms with Crippen molar-refractivity contribution < 1.29 is 19.1 Å². The van der Waals surface area contributed by atoms with Crippen LogP contribution in [0.4, 0.5) is 5.69 Å². The molecule has 6 nitrogen and oxygen atoms in total. The van der Waals surface area contributed by atoms with Crippen LogP contribution in [0.5, 0.6) is 5.75 Å². The van der Waals surface area contributed by atoms with E-state index in [4.69, 9.17) is 9.47 Å². The minimum Gasteiger partial charge on any atom is -0.490 e. The average molecular weight is 370 g/mol. The molecule has 27 heavy (non-hydrogen) atoms. The van der Waals surface area contributed by atoms with Gasteiger partial charge in [0.2, 0.25) is 0 Å². The average Bonchev–Trinajstić information content (AvgIpc) is 2.69. The van der Waals surface area contributed by atoms with Crippen LogP contribution in [-0.2, 0) is 4.74 Å². The fraction of sp³-hybridized carbons (Fsp3) is 0.333. The maximum absolute atomic E-state index is 12.6. The second-order valence-electron chi connectivity index (χ2n) is 6.15. The van der Waals surface area contributed by atoms with Gasteiger partial charge in [0.05, 0.1) is 12.2 Å². The van der Waals surface area contributed by atoms with Gasteiger partial charge in [-0.2, -0.15) is 0 Å². The quantitative estimate of drug-likeness (QED) is 0.663. The number of hydrogen-bond acceptors (Lipinski definition) is 4. The van der Waals surface area contributed by atoms with Crippen LogP contribution in [0.2, 0.25) is 0 Å². The van der Waals surface area contributed by atoms with Crippen LogP contribution in [0.25, 0.3) is 0 Å². The Morgan fingerprint density at radius 1 is 1.00 bits per heavy atom. The number of ether oxygens (including phenoxy) is 2. The second-order valence-corrected chi connectivity index (χ2v) is 6.15. The molecule has 0 aromatic heterocycles. The van der Waals surface area contributed by atoms with Crippen LogP contribution in [0, 0.1) is 0 Å². The van der Waals surface area contributed by atoms with Crippen LogP contribution in [0.3, 0.4) is 0 Å². The minimum absolute atomic E-state index is 0.117. The molecule has 0 aliphatic rings. The van der Waals surface area contributed by atoms with Crippen molar-refractivity contribution in [1.82, 2.24) is 5.32 Å². The third kappa shape index (κ3) is 6.11. The van der Waals surface area contributed by atoms with Crippen molar-refractivity contribution in [2.75, 3.05) is 25.6 Å². The molecular weight excluding hydrogens is 344 g/mol. The molecule has 2 rings (SSSR count). The summed E-state index contributed by atoms with van der Waals surface area (Å²) in [6.07, 6.45) is 0.867. The number of amides is 2. The van der Waals surface area contributed by atoms with E-state index in [9.17, 15) is 9.59 Å². The minimum atomic E-state index is -0.278. The third-order valence-corrected chi connectivity index (χ3v) is 4.07. The maximum atomic E-state index is 12.6. The molecule has 0 spiro atoms. The van der Waals surface area contributed by atoms with Crippen molar-refractivity contribution in [3.05, 3.63) is 59.7 Å². The smallest absolute Gasteiger partial charge is 0.259 e. The molecule has 6 heteroatoms. The SMILES string of the molecule is CCC(C)NC(=O)c1ccc(NC(=O)c2ccccc2OCCOC)cc1. The van der Waals surface area contributed by atoms with Crippen molar-refractivity contribution in [2.24, 2.45) is 0 Å². The highest BCUT2D eigenvalue weighted by Crippen LogP contribution is 2.20. The van der Waals surface area contributed by atoms with Gasteiger partial charge < -0.3 is 20.1 Å². The van der Waals surface area contributed by atoms with E-state index in [1.807, 2.05) is 19.9 Å². The highest BCUT2D eigenvalue weighted by Gasteiger charge is 2.13. The summed E-state index contributed by atoms with van der Waals surface area (Å²) >= 11 is 0. The van der Waals surface area contributed by atoms with Crippen molar-refractivity contribution in [3.63, 3.8) is 0 Å². The molecular formula is C21H26N2O4. The third-order valence-electron chi connectivity index (χ3n) is 4.07. The van der Waals surface area contributed by atoms with Gasteiger partial charge in [-0.25, -0.2) is 0 Å². The molecule has 1 unspecified atom stereocenters. The van der Waals surface area contributed by atoms with E-state index < -0.39 is 0 Å². The van der Waals surface area contributed by atoms with Crippen molar-refractivity contribution in [2.45, 2.75) is 26.3 Å². The molecule has 0 saturated carbocycles. The summed E-state index contributed by atoms with van der Waals surface area (Å²) in [7, 11) is 1.59. The fourth-order valence-electron chi connectivity index (χ4n) is 2.33. The lowest BCUT2D eigenvalue weighted by Gasteiger charge is -2.13. The van der Waals surface area contributed by atoms with Crippen LogP contribution in [0.1, 0.15) is 41.0 Å². The van der Waals surface area contributed by atoms with Gasteiger partial charge in [0.1, 0.15) is 12.4 Å². The van der Waals surface area contributed by atoms with Crippen LogP contribution < -0.4 is 15.4 Å². The molecule has 0 aliphatic carbocycles. The predicted molar refractivity (Wildman–Crippen MR) is 105 cm³/mol. The molecule has 2 amide bonds. The Hall–Kier alpha value is -2.86. The molecule has 0 aliphatic heterocycles. The monoisotopic (exact) mass is 370 g/mol. The van der Waals surface area contributed by atoms with Gasteiger partial charge in [-0.1, -0.05) is 19.1 Å². The van der Waals surface area contributed by atoms with Gasteiger partial charge in [-0.05, 0) is 49.7 Å². The Balaban J connectivity index is 2.03. The van der Waals surface area contributed by atoms with Gasteiger partial charge in [0, 0.05) is 24.4 Å². The summed E-state index contributed by atoms with van der Waals surface area (Å²) < 4.78 is 10.6. The molecule has 0 fully saturated rings.